The minimum absolute atomic E-state index is 0.110. The average molecular weight is 233 g/mol. The second-order valence-electron chi connectivity index (χ2n) is 5.07. The Hall–Kier alpha value is -1.51. The molecule has 1 aromatic rings. The molecule has 1 heterocycles. The molecule has 0 spiro atoms. The van der Waals surface area contributed by atoms with E-state index in [1.807, 2.05) is 12.1 Å². The molecule has 1 atom stereocenters. The number of carboxylic acid groups (broad SMARTS) is 1. The number of anilines is 1. The summed E-state index contributed by atoms with van der Waals surface area (Å²) in [7, 11) is 0. The van der Waals surface area contributed by atoms with Crippen LogP contribution in [0.1, 0.15) is 37.8 Å². The van der Waals surface area contributed by atoms with Crippen molar-refractivity contribution < 1.29 is 9.90 Å². The first-order chi connectivity index (χ1) is 8.00. The normalized spacial score (nSPS) is 18.6. The van der Waals surface area contributed by atoms with E-state index in [1.165, 1.54) is 5.56 Å². The van der Waals surface area contributed by atoms with Gasteiger partial charge in [-0.25, -0.2) is 0 Å². The fourth-order valence-corrected chi connectivity index (χ4v) is 2.62. The van der Waals surface area contributed by atoms with Crippen LogP contribution in [-0.2, 0) is 11.2 Å². The Balaban J connectivity index is 2.47. The summed E-state index contributed by atoms with van der Waals surface area (Å²) in [5.41, 5.74) is 3.38. The highest BCUT2D eigenvalue weighted by atomic mass is 16.4. The van der Waals surface area contributed by atoms with E-state index in [2.05, 4.69) is 31.7 Å². The van der Waals surface area contributed by atoms with Crippen molar-refractivity contribution in [2.45, 2.75) is 39.2 Å². The quantitative estimate of drug-likeness (QED) is 0.872. The lowest BCUT2D eigenvalue weighted by Crippen LogP contribution is -2.30. The molecule has 0 fully saturated rings. The number of hydrogen-bond acceptors (Lipinski definition) is 2. The number of aliphatic carboxylic acids is 1. The van der Waals surface area contributed by atoms with Gasteiger partial charge in [-0.3, -0.25) is 4.79 Å². The van der Waals surface area contributed by atoms with Crippen LogP contribution in [0.25, 0.3) is 0 Å². The van der Waals surface area contributed by atoms with Crippen molar-refractivity contribution >= 4 is 11.7 Å². The molecule has 1 N–H and O–H groups in total. The molecule has 3 heteroatoms. The molecule has 3 nitrogen and oxygen atoms in total. The lowest BCUT2D eigenvalue weighted by molar-refractivity contribution is -0.136. The zero-order valence-corrected chi connectivity index (χ0v) is 10.6. The van der Waals surface area contributed by atoms with E-state index < -0.39 is 5.97 Å². The number of rotatable bonds is 3. The van der Waals surface area contributed by atoms with Crippen molar-refractivity contribution in [1.29, 1.82) is 0 Å². The first kappa shape index (κ1) is 12.0. The Kier molecular flexibility index (Phi) is 3.09. The number of hydrogen-bond donors (Lipinski definition) is 1. The molecule has 1 aliphatic heterocycles. The Labute approximate surface area is 102 Å². The van der Waals surface area contributed by atoms with Crippen LogP contribution < -0.4 is 4.90 Å². The van der Waals surface area contributed by atoms with E-state index in [1.54, 1.807) is 0 Å². The number of fused-ring (bicyclic) bond motifs is 1. The summed E-state index contributed by atoms with van der Waals surface area (Å²) in [5.74, 6) is -0.275. The van der Waals surface area contributed by atoms with Crippen LogP contribution in [0.3, 0.4) is 0 Å². The van der Waals surface area contributed by atoms with Crippen molar-refractivity contribution in [3.05, 3.63) is 29.3 Å². The molecule has 1 aliphatic rings. The second kappa shape index (κ2) is 4.40. The van der Waals surface area contributed by atoms with Crippen molar-refractivity contribution in [3.63, 3.8) is 0 Å². The molecule has 0 aromatic heterocycles. The van der Waals surface area contributed by atoms with Gasteiger partial charge in [0.2, 0.25) is 0 Å². The second-order valence-corrected chi connectivity index (χ2v) is 5.07. The largest absolute Gasteiger partial charge is 0.481 e. The third-order valence-electron chi connectivity index (χ3n) is 3.40. The standard InChI is InChI=1S/C14H19NO2/c1-9(2)15-8-10(3)12-6-4-5-11(14(12)15)7-13(16)17/h4-6,9-10H,7-8H2,1-3H3,(H,16,17). The van der Waals surface area contributed by atoms with E-state index >= 15 is 0 Å². The van der Waals surface area contributed by atoms with Crippen molar-refractivity contribution in [2.24, 2.45) is 0 Å². The maximum atomic E-state index is 10.9. The highest BCUT2D eigenvalue weighted by molar-refractivity contribution is 5.76. The molecular formula is C14H19NO2. The molecule has 2 rings (SSSR count). The Morgan fingerprint density at radius 1 is 1.53 bits per heavy atom. The summed E-state index contributed by atoms with van der Waals surface area (Å²) < 4.78 is 0. The SMILES string of the molecule is CC1CN(C(C)C)c2c(CC(=O)O)cccc21. The summed E-state index contributed by atoms with van der Waals surface area (Å²) in [4.78, 5) is 13.2. The van der Waals surface area contributed by atoms with Gasteiger partial charge >= 0.3 is 5.97 Å². The zero-order chi connectivity index (χ0) is 12.6. The van der Waals surface area contributed by atoms with Gasteiger partial charge in [-0.15, -0.1) is 0 Å². The maximum Gasteiger partial charge on any atom is 0.307 e. The molecule has 1 unspecified atom stereocenters. The smallest absolute Gasteiger partial charge is 0.307 e. The molecule has 0 saturated heterocycles. The summed E-state index contributed by atoms with van der Waals surface area (Å²) in [6.07, 6.45) is 0.110. The fourth-order valence-electron chi connectivity index (χ4n) is 2.62. The van der Waals surface area contributed by atoms with Gasteiger partial charge in [-0.1, -0.05) is 25.1 Å². The molecule has 0 radical (unpaired) electrons. The van der Waals surface area contributed by atoms with Crippen LogP contribution >= 0.6 is 0 Å². The predicted molar refractivity (Wildman–Crippen MR) is 68.7 cm³/mol. The van der Waals surface area contributed by atoms with Crippen LogP contribution in [-0.4, -0.2) is 23.7 Å². The molecule has 0 bridgehead atoms. The van der Waals surface area contributed by atoms with E-state index in [0.29, 0.717) is 12.0 Å². The third kappa shape index (κ3) is 2.14. The Morgan fingerprint density at radius 3 is 2.82 bits per heavy atom. The first-order valence-corrected chi connectivity index (χ1v) is 6.11. The maximum absolute atomic E-state index is 10.9. The highest BCUT2D eigenvalue weighted by Crippen LogP contribution is 2.39. The summed E-state index contributed by atoms with van der Waals surface area (Å²) in [6.45, 7) is 7.49. The molecule has 1 aromatic carbocycles. The van der Waals surface area contributed by atoms with Crippen molar-refractivity contribution in [3.8, 4) is 0 Å². The van der Waals surface area contributed by atoms with Crippen molar-refractivity contribution in [1.82, 2.24) is 0 Å². The van der Waals surface area contributed by atoms with Crippen LogP contribution in [0.5, 0.6) is 0 Å². The van der Waals surface area contributed by atoms with Gasteiger partial charge in [0.05, 0.1) is 6.42 Å². The minimum Gasteiger partial charge on any atom is -0.481 e. The number of benzene rings is 1. The zero-order valence-electron chi connectivity index (χ0n) is 10.6. The molecule has 17 heavy (non-hydrogen) atoms. The van der Waals surface area contributed by atoms with Crippen LogP contribution in [0.15, 0.2) is 18.2 Å². The third-order valence-corrected chi connectivity index (χ3v) is 3.40. The Morgan fingerprint density at radius 2 is 2.24 bits per heavy atom. The molecule has 0 amide bonds. The van der Waals surface area contributed by atoms with Gasteiger partial charge in [0, 0.05) is 24.2 Å². The van der Waals surface area contributed by atoms with Gasteiger partial charge in [0.15, 0.2) is 0 Å². The van der Waals surface area contributed by atoms with Crippen molar-refractivity contribution in [2.75, 3.05) is 11.4 Å². The van der Waals surface area contributed by atoms with E-state index in [-0.39, 0.29) is 6.42 Å². The minimum atomic E-state index is -0.762. The first-order valence-electron chi connectivity index (χ1n) is 6.11. The molecule has 0 aliphatic carbocycles. The lowest BCUT2D eigenvalue weighted by Gasteiger charge is -2.26. The highest BCUT2D eigenvalue weighted by Gasteiger charge is 2.29. The van der Waals surface area contributed by atoms with E-state index in [9.17, 15) is 4.79 Å². The van der Waals surface area contributed by atoms with Gasteiger partial charge in [-0.2, -0.15) is 0 Å². The number of nitrogens with zero attached hydrogens (tertiary/aromatic N) is 1. The fraction of sp³-hybridized carbons (Fsp3) is 0.500. The molecule has 0 saturated carbocycles. The summed E-state index contributed by atoms with van der Waals surface area (Å²) in [5, 5.41) is 8.97. The molecular weight excluding hydrogens is 214 g/mol. The average Bonchev–Trinajstić information content (AvgIpc) is 2.57. The molecule has 92 valence electrons. The lowest BCUT2D eigenvalue weighted by atomic mass is 9.99. The number of carbonyl (C=O) groups is 1. The number of para-hydroxylation sites is 1. The van der Waals surface area contributed by atoms with Gasteiger partial charge in [0.25, 0.3) is 0 Å². The number of carboxylic acids is 1. The van der Waals surface area contributed by atoms with Gasteiger partial charge < -0.3 is 10.0 Å². The van der Waals surface area contributed by atoms with Crippen LogP contribution in [0.4, 0.5) is 5.69 Å². The monoisotopic (exact) mass is 233 g/mol. The van der Waals surface area contributed by atoms with Gasteiger partial charge in [0.1, 0.15) is 0 Å². The van der Waals surface area contributed by atoms with Crippen LogP contribution in [0.2, 0.25) is 0 Å². The summed E-state index contributed by atoms with van der Waals surface area (Å²) >= 11 is 0. The van der Waals surface area contributed by atoms with Gasteiger partial charge in [-0.05, 0) is 25.0 Å². The van der Waals surface area contributed by atoms with E-state index in [0.717, 1.165) is 17.8 Å². The van der Waals surface area contributed by atoms with Crippen LogP contribution in [0, 0.1) is 0 Å². The summed E-state index contributed by atoms with van der Waals surface area (Å²) in [6, 6.07) is 6.43. The Bertz CT molecular complexity index is 440. The van der Waals surface area contributed by atoms with E-state index in [4.69, 9.17) is 5.11 Å². The predicted octanol–water partition coefficient (Wildman–Crippen LogP) is 2.65. The topological polar surface area (TPSA) is 40.5 Å².